The molecule has 1 amide bonds. The zero-order valence-corrected chi connectivity index (χ0v) is 17.6. The second kappa shape index (κ2) is 7.89. The third kappa shape index (κ3) is 3.87. The number of benzene rings is 1. The number of anilines is 1. The van der Waals surface area contributed by atoms with Gasteiger partial charge in [0, 0.05) is 36.4 Å². The molecule has 1 aliphatic carbocycles. The summed E-state index contributed by atoms with van der Waals surface area (Å²) in [4.78, 5) is 17.0. The second-order valence-corrected chi connectivity index (χ2v) is 8.44. The lowest BCUT2D eigenvalue weighted by Gasteiger charge is -2.13. The van der Waals surface area contributed by atoms with Crippen LogP contribution in [-0.2, 0) is 4.74 Å². The molecule has 2 fully saturated rings. The molecule has 2 aliphatic rings. The minimum atomic E-state index is -0.0125. The SMILES string of the molecule is Cc1cc(-c2cnc3c(NCC4CCCO4)cc(Cl)nn23)ccc1C(=O)NC1CC1. The van der Waals surface area contributed by atoms with Crippen LogP contribution in [0.5, 0.6) is 0 Å². The summed E-state index contributed by atoms with van der Waals surface area (Å²) in [5.41, 5.74) is 4.91. The van der Waals surface area contributed by atoms with E-state index < -0.39 is 0 Å². The molecule has 2 N–H and O–H groups in total. The number of amides is 1. The van der Waals surface area contributed by atoms with Crippen molar-refractivity contribution in [2.24, 2.45) is 0 Å². The maximum absolute atomic E-state index is 12.4. The first-order valence-electron chi connectivity index (χ1n) is 10.4. The predicted octanol–water partition coefficient (Wildman–Crippen LogP) is 3.84. The predicted molar refractivity (Wildman–Crippen MR) is 116 cm³/mol. The van der Waals surface area contributed by atoms with E-state index in [4.69, 9.17) is 16.3 Å². The summed E-state index contributed by atoms with van der Waals surface area (Å²) in [5.74, 6) is -0.0125. The van der Waals surface area contributed by atoms with Crippen molar-refractivity contribution < 1.29 is 9.53 Å². The highest BCUT2D eigenvalue weighted by atomic mass is 35.5. The Hall–Kier alpha value is -2.64. The van der Waals surface area contributed by atoms with Crippen molar-refractivity contribution >= 4 is 28.8 Å². The number of halogens is 1. The molecule has 8 heteroatoms. The highest BCUT2D eigenvalue weighted by Crippen LogP contribution is 2.28. The average Bonchev–Trinajstić information content (AvgIpc) is 3.21. The Bertz CT molecular complexity index is 1100. The number of nitrogens with one attached hydrogen (secondary N) is 2. The Kier molecular flexibility index (Phi) is 5.08. The monoisotopic (exact) mass is 425 g/mol. The summed E-state index contributed by atoms with van der Waals surface area (Å²) in [5, 5.41) is 11.3. The van der Waals surface area contributed by atoms with E-state index in [0.717, 1.165) is 54.8 Å². The van der Waals surface area contributed by atoms with Crippen LogP contribution in [0.3, 0.4) is 0 Å². The first-order chi connectivity index (χ1) is 14.6. The fraction of sp³-hybridized carbons (Fsp3) is 0.409. The molecule has 1 saturated carbocycles. The van der Waals surface area contributed by atoms with Gasteiger partial charge in [-0.25, -0.2) is 9.50 Å². The summed E-state index contributed by atoms with van der Waals surface area (Å²) < 4.78 is 7.44. The molecular weight excluding hydrogens is 402 g/mol. The maximum atomic E-state index is 12.4. The standard InChI is InChI=1S/C22H24ClN5O2/c1-13-9-14(4-7-17(13)22(29)26-15-5-6-15)19-12-25-21-18(10-20(23)27-28(19)21)24-11-16-3-2-8-30-16/h4,7,9-10,12,15-16,24H,2-3,5-6,8,11H2,1H3,(H,26,29). The summed E-state index contributed by atoms with van der Waals surface area (Å²) in [6.45, 7) is 3.48. The fourth-order valence-electron chi connectivity index (χ4n) is 3.86. The van der Waals surface area contributed by atoms with Crippen LogP contribution < -0.4 is 10.6 Å². The minimum absolute atomic E-state index is 0.0125. The normalized spacial score (nSPS) is 18.7. The van der Waals surface area contributed by atoms with Gasteiger partial charge in [-0.2, -0.15) is 5.10 Å². The number of ether oxygens (including phenoxy) is 1. The molecule has 156 valence electrons. The fourth-order valence-corrected chi connectivity index (χ4v) is 4.05. The van der Waals surface area contributed by atoms with Gasteiger partial charge in [0.2, 0.25) is 0 Å². The van der Waals surface area contributed by atoms with E-state index in [1.54, 1.807) is 16.8 Å². The number of hydrogen-bond donors (Lipinski definition) is 2. The van der Waals surface area contributed by atoms with E-state index >= 15 is 0 Å². The number of carbonyl (C=O) groups excluding carboxylic acids is 1. The van der Waals surface area contributed by atoms with Gasteiger partial charge in [-0.15, -0.1) is 0 Å². The molecule has 5 rings (SSSR count). The summed E-state index contributed by atoms with van der Waals surface area (Å²) in [6.07, 6.45) is 6.29. The van der Waals surface area contributed by atoms with Crippen LogP contribution in [-0.4, -0.2) is 45.8 Å². The third-order valence-corrected chi connectivity index (χ3v) is 5.85. The molecule has 30 heavy (non-hydrogen) atoms. The molecule has 0 spiro atoms. The Morgan fingerprint density at radius 3 is 2.90 bits per heavy atom. The molecule has 2 aromatic heterocycles. The summed E-state index contributed by atoms with van der Waals surface area (Å²) in [6, 6.07) is 7.91. The lowest BCUT2D eigenvalue weighted by atomic mass is 10.0. The molecule has 0 radical (unpaired) electrons. The van der Waals surface area contributed by atoms with Crippen LogP contribution in [0.15, 0.2) is 30.5 Å². The second-order valence-electron chi connectivity index (χ2n) is 8.05. The van der Waals surface area contributed by atoms with Crippen LogP contribution in [0.4, 0.5) is 5.69 Å². The number of aromatic nitrogens is 3. The zero-order chi connectivity index (χ0) is 20.7. The van der Waals surface area contributed by atoms with Gasteiger partial charge in [-0.3, -0.25) is 4.79 Å². The Morgan fingerprint density at radius 1 is 1.30 bits per heavy atom. The van der Waals surface area contributed by atoms with Crippen molar-refractivity contribution in [2.75, 3.05) is 18.5 Å². The van der Waals surface area contributed by atoms with E-state index in [1.165, 1.54) is 0 Å². The van der Waals surface area contributed by atoms with Crippen molar-refractivity contribution in [3.05, 3.63) is 46.7 Å². The molecule has 0 bridgehead atoms. The third-order valence-electron chi connectivity index (χ3n) is 5.66. The summed E-state index contributed by atoms with van der Waals surface area (Å²) in [7, 11) is 0. The molecule has 1 saturated heterocycles. The quantitative estimate of drug-likeness (QED) is 0.627. The van der Waals surface area contributed by atoms with Crippen molar-refractivity contribution in [3.63, 3.8) is 0 Å². The number of rotatable bonds is 6. The number of carbonyl (C=O) groups is 1. The van der Waals surface area contributed by atoms with E-state index in [1.807, 2.05) is 25.1 Å². The van der Waals surface area contributed by atoms with Gasteiger partial charge in [0.05, 0.1) is 23.7 Å². The largest absolute Gasteiger partial charge is 0.379 e. The van der Waals surface area contributed by atoms with Gasteiger partial charge in [0.1, 0.15) is 0 Å². The Balaban J connectivity index is 1.44. The van der Waals surface area contributed by atoms with Gasteiger partial charge in [0.25, 0.3) is 5.91 Å². The number of imidazole rings is 1. The van der Waals surface area contributed by atoms with Crippen LogP contribution in [0.2, 0.25) is 5.15 Å². The van der Waals surface area contributed by atoms with Crippen molar-refractivity contribution in [1.82, 2.24) is 19.9 Å². The van der Waals surface area contributed by atoms with Crippen LogP contribution >= 0.6 is 11.6 Å². The van der Waals surface area contributed by atoms with Gasteiger partial charge in [-0.1, -0.05) is 17.7 Å². The Morgan fingerprint density at radius 2 is 2.17 bits per heavy atom. The molecule has 1 aliphatic heterocycles. The van der Waals surface area contributed by atoms with E-state index in [0.29, 0.717) is 29.0 Å². The molecule has 1 atom stereocenters. The lowest BCUT2D eigenvalue weighted by Crippen LogP contribution is -2.26. The van der Waals surface area contributed by atoms with Crippen molar-refractivity contribution in [2.45, 2.75) is 44.8 Å². The van der Waals surface area contributed by atoms with Crippen LogP contribution in [0.25, 0.3) is 16.9 Å². The highest BCUT2D eigenvalue weighted by molar-refractivity contribution is 6.29. The van der Waals surface area contributed by atoms with E-state index in [9.17, 15) is 4.79 Å². The number of aryl methyl sites for hydroxylation is 1. The smallest absolute Gasteiger partial charge is 0.251 e. The topological polar surface area (TPSA) is 80.6 Å². The number of fused-ring (bicyclic) bond motifs is 1. The van der Waals surface area contributed by atoms with Crippen molar-refractivity contribution in [1.29, 1.82) is 0 Å². The number of nitrogens with zero attached hydrogens (tertiary/aromatic N) is 3. The first kappa shape index (κ1) is 19.3. The average molecular weight is 426 g/mol. The minimum Gasteiger partial charge on any atom is -0.379 e. The van der Waals surface area contributed by atoms with Gasteiger partial charge >= 0.3 is 0 Å². The van der Waals surface area contributed by atoms with Gasteiger partial charge < -0.3 is 15.4 Å². The molecule has 3 heterocycles. The van der Waals surface area contributed by atoms with Gasteiger partial charge in [0.15, 0.2) is 10.8 Å². The molecular formula is C22H24ClN5O2. The zero-order valence-electron chi connectivity index (χ0n) is 16.8. The molecule has 7 nitrogen and oxygen atoms in total. The van der Waals surface area contributed by atoms with E-state index in [-0.39, 0.29) is 12.0 Å². The molecule has 1 aromatic carbocycles. The van der Waals surface area contributed by atoms with E-state index in [2.05, 4.69) is 20.7 Å². The molecule has 3 aromatic rings. The maximum Gasteiger partial charge on any atom is 0.251 e. The van der Waals surface area contributed by atoms with Crippen molar-refractivity contribution in [3.8, 4) is 11.3 Å². The van der Waals surface area contributed by atoms with Crippen LogP contribution in [0, 0.1) is 6.92 Å². The lowest BCUT2D eigenvalue weighted by molar-refractivity contribution is 0.0950. The highest BCUT2D eigenvalue weighted by Gasteiger charge is 2.24. The first-order valence-corrected chi connectivity index (χ1v) is 10.8. The van der Waals surface area contributed by atoms with Crippen LogP contribution in [0.1, 0.15) is 41.6 Å². The summed E-state index contributed by atoms with van der Waals surface area (Å²) >= 11 is 6.30. The number of hydrogen-bond acceptors (Lipinski definition) is 5. The Labute approximate surface area is 179 Å². The molecule has 1 unspecified atom stereocenters. The van der Waals surface area contributed by atoms with Gasteiger partial charge in [-0.05, 0) is 50.3 Å².